The van der Waals surface area contributed by atoms with Crippen molar-refractivity contribution in [2.24, 2.45) is 5.41 Å². The van der Waals surface area contributed by atoms with Crippen LogP contribution in [0.3, 0.4) is 0 Å². The minimum Gasteiger partial charge on any atom is -0.480 e. The number of ether oxygens (including phenoxy) is 2. The highest BCUT2D eigenvalue weighted by Gasteiger charge is 2.65. The van der Waals surface area contributed by atoms with Crippen LogP contribution in [0, 0.1) is 5.41 Å². The minimum absolute atomic E-state index is 0.113. The Kier molecular flexibility index (Phi) is 8.07. The van der Waals surface area contributed by atoms with E-state index in [1.807, 2.05) is 12.1 Å². The Hall–Kier alpha value is -4.53. The van der Waals surface area contributed by atoms with Gasteiger partial charge in [0.15, 0.2) is 5.78 Å². The van der Waals surface area contributed by atoms with E-state index < -0.39 is 60.1 Å². The summed E-state index contributed by atoms with van der Waals surface area (Å²) in [6, 6.07) is 19.8. The van der Waals surface area contributed by atoms with Gasteiger partial charge in [0.1, 0.15) is 13.2 Å². The molecule has 0 amide bonds. The first kappa shape index (κ1) is 27.1. The molecule has 0 spiro atoms. The summed E-state index contributed by atoms with van der Waals surface area (Å²) in [6.07, 6.45) is -0.678. The van der Waals surface area contributed by atoms with Gasteiger partial charge in [-0.05, 0) is 22.4 Å². The van der Waals surface area contributed by atoms with Gasteiger partial charge in [0.05, 0.1) is 5.41 Å². The van der Waals surface area contributed by atoms with Crippen LogP contribution in [0.1, 0.15) is 36.2 Å². The molecule has 0 aliphatic carbocycles. The van der Waals surface area contributed by atoms with Crippen molar-refractivity contribution in [2.75, 3.05) is 13.2 Å². The Balaban J connectivity index is 2.29. The summed E-state index contributed by atoms with van der Waals surface area (Å²) in [6.45, 7) is 0.209. The number of benzene rings is 3. The molecule has 1 unspecified atom stereocenters. The standard InChI is InChI=1S/C28H26O9/c1-18(29)36-16-27(23-10-4-3-5-11-23,28(25(32)33,26(34)35)17-37-19(2)30)15-24(31)22-13-12-20-8-6-7-9-21(20)14-22/h3-14H,15-17H2,1-2H3,(H,32,33)(H,34,35). The van der Waals surface area contributed by atoms with Gasteiger partial charge in [-0.1, -0.05) is 66.7 Å². The van der Waals surface area contributed by atoms with Crippen LogP contribution >= 0.6 is 0 Å². The molecule has 37 heavy (non-hydrogen) atoms. The molecule has 9 heteroatoms. The summed E-state index contributed by atoms with van der Waals surface area (Å²) in [5, 5.41) is 22.4. The summed E-state index contributed by atoms with van der Waals surface area (Å²) in [7, 11) is 0. The Bertz CT molecular complexity index is 1330. The van der Waals surface area contributed by atoms with Crippen molar-refractivity contribution in [3.05, 3.63) is 83.9 Å². The average molecular weight is 507 g/mol. The van der Waals surface area contributed by atoms with E-state index in [0.717, 1.165) is 24.6 Å². The number of aliphatic carboxylic acids is 2. The number of rotatable bonds is 11. The highest BCUT2D eigenvalue weighted by atomic mass is 16.5. The van der Waals surface area contributed by atoms with Crippen LogP contribution in [-0.2, 0) is 34.1 Å². The number of carboxylic acid groups (broad SMARTS) is 2. The van der Waals surface area contributed by atoms with Gasteiger partial charge in [-0.15, -0.1) is 0 Å². The second kappa shape index (κ2) is 11.0. The van der Waals surface area contributed by atoms with Gasteiger partial charge in [0.2, 0.25) is 5.41 Å². The normalized spacial score (nSPS) is 12.8. The van der Waals surface area contributed by atoms with Crippen LogP contribution in [0.4, 0.5) is 0 Å². The van der Waals surface area contributed by atoms with Crippen molar-refractivity contribution in [1.29, 1.82) is 0 Å². The van der Waals surface area contributed by atoms with Crippen molar-refractivity contribution in [3.63, 3.8) is 0 Å². The van der Waals surface area contributed by atoms with Gasteiger partial charge in [-0.3, -0.25) is 24.0 Å². The predicted octanol–water partition coefficient (Wildman–Crippen LogP) is 3.63. The van der Waals surface area contributed by atoms with E-state index in [0.29, 0.717) is 0 Å². The first-order valence-corrected chi connectivity index (χ1v) is 11.3. The number of fused-ring (bicyclic) bond motifs is 1. The van der Waals surface area contributed by atoms with Gasteiger partial charge in [-0.25, -0.2) is 0 Å². The molecule has 0 bridgehead atoms. The van der Waals surface area contributed by atoms with Crippen LogP contribution in [-0.4, -0.2) is 53.1 Å². The molecule has 2 N–H and O–H groups in total. The molecule has 9 nitrogen and oxygen atoms in total. The zero-order valence-electron chi connectivity index (χ0n) is 20.3. The molecule has 0 fully saturated rings. The van der Waals surface area contributed by atoms with Crippen molar-refractivity contribution in [3.8, 4) is 0 Å². The van der Waals surface area contributed by atoms with Gasteiger partial charge in [0, 0.05) is 25.8 Å². The molecule has 0 saturated carbocycles. The number of hydrogen-bond donors (Lipinski definition) is 2. The SMILES string of the molecule is CC(=O)OCC(C(=O)O)(C(=O)O)C(COC(C)=O)(CC(=O)c1ccc2ccccc2c1)c1ccccc1. The van der Waals surface area contributed by atoms with E-state index in [-0.39, 0.29) is 11.1 Å². The molecule has 0 radical (unpaired) electrons. The van der Waals surface area contributed by atoms with Crippen LogP contribution in [0.15, 0.2) is 72.8 Å². The first-order valence-electron chi connectivity index (χ1n) is 11.3. The molecular weight excluding hydrogens is 480 g/mol. The molecule has 1 atom stereocenters. The number of carbonyl (C=O) groups is 5. The topological polar surface area (TPSA) is 144 Å². The molecule has 3 aromatic rings. The number of hydrogen-bond acceptors (Lipinski definition) is 7. The Labute approximate surface area is 212 Å². The van der Waals surface area contributed by atoms with E-state index in [2.05, 4.69) is 0 Å². The van der Waals surface area contributed by atoms with E-state index in [4.69, 9.17) is 9.47 Å². The van der Waals surface area contributed by atoms with E-state index in [1.54, 1.807) is 48.5 Å². The van der Waals surface area contributed by atoms with Crippen molar-refractivity contribution < 1.29 is 43.7 Å². The van der Waals surface area contributed by atoms with Crippen molar-refractivity contribution in [2.45, 2.75) is 25.7 Å². The Morgan fingerprint density at radius 2 is 1.24 bits per heavy atom. The van der Waals surface area contributed by atoms with Gasteiger partial charge < -0.3 is 19.7 Å². The van der Waals surface area contributed by atoms with Crippen LogP contribution < -0.4 is 0 Å². The molecule has 0 heterocycles. The minimum atomic E-state index is -2.89. The van der Waals surface area contributed by atoms with E-state index >= 15 is 0 Å². The van der Waals surface area contributed by atoms with Gasteiger partial charge >= 0.3 is 23.9 Å². The second-order valence-corrected chi connectivity index (χ2v) is 8.69. The first-order chi connectivity index (χ1) is 17.5. The monoisotopic (exact) mass is 506 g/mol. The fourth-order valence-electron chi connectivity index (χ4n) is 4.45. The second-order valence-electron chi connectivity index (χ2n) is 8.69. The molecule has 192 valence electrons. The van der Waals surface area contributed by atoms with Crippen LogP contribution in [0.2, 0.25) is 0 Å². The average Bonchev–Trinajstić information content (AvgIpc) is 2.86. The number of carbonyl (C=O) groups excluding carboxylic acids is 3. The number of esters is 2. The maximum absolute atomic E-state index is 13.7. The molecule has 3 aromatic carbocycles. The summed E-state index contributed by atoms with van der Waals surface area (Å²) in [5.41, 5.74) is -4.72. The lowest BCUT2D eigenvalue weighted by Gasteiger charge is -2.44. The van der Waals surface area contributed by atoms with E-state index in [9.17, 15) is 34.2 Å². The van der Waals surface area contributed by atoms with Crippen LogP contribution in [0.5, 0.6) is 0 Å². The third-order valence-electron chi connectivity index (χ3n) is 6.42. The maximum atomic E-state index is 13.7. The number of ketones is 1. The molecule has 0 saturated heterocycles. The fourth-order valence-corrected chi connectivity index (χ4v) is 4.45. The highest BCUT2D eigenvalue weighted by Crippen LogP contribution is 2.47. The van der Waals surface area contributed by atoms with Gasteiger partial charge in [-0.2, -0.15) is 0 Å². The molecule has 0 aliphatic heterocycles. The summed E-state index contributed by atoms with van der Waals surface area (Å²) < 4.78 is 10.2. The lowest BCUT2D eigenvalue weighted by molar-refractivity contribution is -0.183. The smallest absolute Gasteiger partial charge is 0.325 e. The Morgan fingerprint density at radius 1 is 0.703 bits per heavy atom. The quantitative estimate of drug-likeness (QED) is 0.226. The lowest BCUT2D eigenvalue weighted by Crippen LogP contribution is -2.62. The van der Waals surface area contributed by atoms with Crippen molar-refractivity contribution >= 4 is 40.4 Å². The van der Waals surface area contributed by atoms with E-state index in [1.165, 1.54) is 12.1 Å². The highest BCUT2D eigenvalue weighted by molar-refractivity contribution is 6.05. The number of carboxylic acids is 2. The lowest BCUT2D eigenvalue weighted by atomic mass is 9.57. The summed E-state index contributed by atoms with van der Waals surface area (Å²) >= 11 is 0. The van der Waals surface area contributed by atoms with Crippen molar-refractivity contribution in [1.82, 2.24) is 0 Å². The fraction of sp³-hybridized carbons (Fsp3) is 0.250. The third kappa shape index (κ3) is 5.35. The maximum Gasteiger partial charge on any atom is 0.325 e. The molecule has 0 aromatic heterocycles. The zero-order valence-corrected chi connectivity index (χ0v) is 20.3. The third-order valence-corrected chi connectivity index (χ3v) is 6.42. The number of Topliss-reactive ketones (excluding diaryl/α,β-unsaturated/α-hetero) is 1. The van der Waals surface area contributed by atoms with Gasteiger partial charge in [0.25, 0.3) is 0 Å². The molecular formula is C28H26O9. The summed E-state index contributed by atoms with van der Waals surface area (Å²) in [5.74, 6) is -6.03. The zero-order chi connectivity index (χ0) is 27.2. The largest absolute Gasteiger partial charge is 0.480 e. The summed E-state index contributed by atoms with van der Waals surface area (Å²) in [4.78, 5) is 62.9. The predicted molar refractivity (Wildman–Crippen MR) is 132 cm³/mol. The Morgan fingerprint density at radius 3 is 1.81 bits per heavy atom. The molecule has 0 aliphatic rings. The molecule has 3 rings (SSSR count). The van der Waals surface area contributed by atoms with Crippen LogP contribution in [0.25, 0.3) is 10.8 Å².